The van der Waals surface area contributed by atoms with E-state index in [1.807, 2.05) is 66.7 Å². The quantitative estimate of drug-likeness (QED) is 0.436. The Balaban J connectivity index is 1.59. The predicted molar refractivity (Wildman–Crippen MR) is 121 cm³/mol. The van der Waals surface area contributed by atoms with Gasteiger partial charge < -0.3 is 0 Å². The second kappa shape index (κ2) is 7.65. The lowest BCUT2D eigenvalue weighted by Gasteiger charge is -2.28. The van der Waals surface area contributed by atoms with E-state index in [1.165, 1.54) is 4.90 Å². The second-order valence-corrected chi connectivity index (χ2v) is 9.03. The van der Waals surface area contributed by atoms with Gasteiger partial charge in [0, 0.05) is 8.95 Å². The van der Waals surface area contributed by atoms with Gasteiger partial charge in [-0.05, 0) is 54.1 Å². The first kappa shape index (κ1) is 19.5. The highest BCUT2D eigenvalue weighted by atomic mass is 79.9. The zero-order valence-corrected chi connectivity index (χ0v) is 18.8. The van der Waals surface area contributed by atoms with Gasteiger partial charge in [-0.1, -0.05) is 62.2 Å². The number of fused-ring (bicyclic) bond motifs is 1. The molecule has 2 saturated heterocycles. The summed E-state index contributed by atoms with van der Waals surface area (Å²) in [6.45, 7) is 0. The van der Waals surface area contributed by atoms with Gasteiger partial charge in [0.1, 0.15) is 5.92 Å². The molecule has 150 valence electrons. The smallest absolute Gasteiger partial charge is 0.266 e. The van der Waals surface area contributed by atoms with E-state index in [1.54, 1.807) is 17.2 Å². The number of rotatable bonds is 3. The number of para-hydroxylation sites is 1. The van der Waals surface area contributed by atoms with Gasteiger partial charge in [0.2, 0.25) is 5.91 Å². The number of amides is 2. The Morgan fingerprint density at radius 2 is 1.47 bits per heavy atom. The minimum Gasteiger partial charge on any atom is -0.273 e. The van der Waals surface area contributed by atoms with E-state index in [0.717, 1.165) is 20.2 Å². The number of anilines is 2. The zero-order chi connectivity index (χ0) is 20.8. The van der Waals surface area contributed by atoms with Gasteiger partial charge in [0.25, 0.3) is 5.91 Å². The fourth-order valence-corrected chi connectivity index (χ4v) is 4.77. The van der Waals surface area contributed by atoms with E-state index in [9.17, 15) is 9.59 Å². The molecule has 0 aromatic heterocycles. The van der Waals surface area contributed by atoms with E-state index < -0.39 is 18.1 Å². The van der Waals surface area contributed by atoms with Crippen LogP contribution in [-0.2, 0) is 14.4 Å². The van der Waals surface area contributed by atoms with Crippen molar-refractivity contribution in [3.8, 4) is 0 Å². The molecule has 2 aliphatic heterocycles. The molecular weight excluding hydrogens is 512 g/mol. The third-order valence-electron chi connectivity index (χ3n) is 5.40. The summed E-state index contributed by atoms with van der Waals surface area (Å²) < 4.78 is 1.78. The van der Waals surface area contributed by atoms with Crippen LogP contribution in [0.4, 0.5) is 11.4 Å². The van der Waals surface area contributed by atoms with Gasteiger partial charge in [0.15, 0.2) is 6.10 Å². The monoisotopic (exact) mass is 526 g/mol. The second-order valence-electron chi connectivity index (χ2n) is 7.20. The van der Waals surface area contributed by atoms with Crippen LogP contribution in [0, 0.1) is 5.92 Å². The highest BCUT2D eigenvalue weighted by Crippen LogP contribution is 2.47. The van der Waals surface area contributed by atoms with Crippen LogP contribution in [0.2, 0.25) is 0 Å². The van der Waals surface area contributed by atoms with Crippen molar-refractivity contribution in [3.05, 3.63) is 93.4 Å². The fraction of sp³-hybridized carbons (Fsp3) is 0.130. The Labute approximate surface area is 190 Å². The minimum atomic E-state index is -0.870. The minimum absolute atomic E-state index is 0.254. The maximum absolute atomic E-state index is 13.5. The first-order valence-electron chi connectivity index (χ1n) is 9.44. The lowest BCUT2D eigenvalue weighted by atomic mass is 9.90. The molecule has 0 saturated carbocycles. The molecule has 0 radical (unpaired) electrons. The Morgan fingerprint density at radius 1 is 0.733 bits per heavy atom. The van der Waals surface area contributed by atoms with E-state index in [2.05, 4.69) is 31.9 Å². The molecule has 2 amide bonds. The summed E-state index contributed by atoms with van der Waals surface area (Å²) in [5.41, 5.74) is 2.25. The van der Waals surface area contributed by atoms with Crippen LogP contribution in [0.1, 0.15) is 11.6 Å². The molecule has 0 bridgehead atoms. The topological polar surface area (TPSA) is 49.9 Å². The van der Waals surface area contributed by atoms with Crippen molar-refractivity contribution < 1.29 is 14.4 Å². The van der Waals surface area contributed by atoms with Crippen molar-refractivity contribution >= 4 is 55.0 Å². The van der Waals surface area contributed by atoms with Crippen LogP contribution in [0.15, 0.2) is 87.8 Å². The average Bonchev–Trinajstić information content (AvgIpc) is 3.26. The van der Waals surface area contributed by atoms with Crippen molar-refractivity contribution in [1.29, 1.82) is 0 Å². The summed E-state index contributed by atoms with van der Waals surface area (Å²) in [6.07, 6.45) is -0.870. The molecule has 3 atom stereocenters. The Morgan fingerprint density at radius 3 is 2.17 bits per heavy atom. The molecule has 2 fully saturated rings. The lowest BCUT2D eigenvalue weighted by molar-refractivity contribution is -0.126. The summed E-state index contributed by atoms with van der Waals surface area (Å²) >= 11 is 6.90. The maximum atomic E-state index is 13.5. The summed E-state index contributed by atoms with van der Waals surface area (Å²) in [4.78, 5) is 34.1. The molecule has 0 spiro atoms. The molecule has 3 aromatic carbocycles. The third-order valence-corrected chi connectivity index (χ3v) is 6.42. The number of hydrogen-bond donors (Lipinski definition) is 0. The van der Waals surface area contributed by atoms with Crippen LogP contribution in [0.3, 0.4) is 0 Å². The molecule has 0 aliphatic carbocycles. The molecule has 7 heteroatoms. The normalized spacial score (nSPS) is 23.2. The summed E-state index contributed by atoms with van der Waals surface area (Å²) in [7, 11) is 0. The first-order valence-corrected chi connectivity index (χ1v) is 11.0. The number of carbonyl (C=O) groups is 2. The largest absolute Gasteiger partial charge is 0.273 e. The van der Waals surface area contributed by atoms with Crippen LogP contribution >= 0.6 is 31.9 Å². The lowest BCUT2D eigenvalue weighted by Crippen LogP contribution is -2.37. The summed E-state index contributed by atoms with van der Waals surface area (Å²) in [5, 5.41) is 1.70. The highest BCUT2D eigenvalue weighted by Gasteiger charge is 2.60. The fourth-order valence-electron chi connectivity index (χ4n) is 4.09. The van der Waals surface area contributed by atoms with E-state index in [4.69, 9.17) is 4.84 Å². The van der Waals surface area contributed by atoms with E-state index in [-0.39, 0.29) is 11.8 Å². The predicted octanol–water partition coefficient (Wildman–Crippen LogP) is 5.26. The van der Waals surface area contributed by atoms with E-state index >= 15 is 0 Å². The number of hydroxylamine groups is 1. The number of imide groups is 1. The molecule has 5 rings (SSSR count). The zero-order valence-electron chi connectivity index (χ0n) is 15.6. The molecule has 5 nitrogen and oxygen atoms in total. The molecule has 0 N–H and O–H groups in total. The van der Waals surface area contributed by atoms with Crippen LogP contribution in [-0.4, -0.2) is 17.9 Å². The van der Waals surface area contributed by atoms with Gasteiger partial charge in [0.05, 0.1) is 17.4 Å². The van der Waals surface area contributed by atoms with Crippen molar-refractivity contribution in [1.82, 2.24) is 0 Å². The molecular formula is C23H16Br2N2O3. The molecule has 3 aromatic rings. The third kappa shape index (κ3) is 3.17. The van der Waals surface area contributed by atoms with Crippen molar-refractivity contribution in [3.63, 3.8) is 0 Å². The van der Waals surface area contributed by atoms with Gasteiger partial charge >= 0.3 is 0 Å². The van der Waals surface area contributed by atoms with Crippen molar-refractivity contribution in [2.45, 2.75) is 12.1 Å². The first-order chi connectivity index (χ1) is 14.5. The Bertz CT molecular complexity index is 1120. The Kier molecular flexibility index (Phi) is 4.97. The van der Waals surface area contributed by atoms with Crippen LogP contribution in [0.25, 0.3) is 0 Å². The molecule has 2 aliphatic rings. The Hall–Kier alpha value is -2.48. The number of hydrogen-bond acceptors (Lipinski definition) is 4. The van der Waals surface area contributed by atoms with Crippen LogP contribution in [0.5, 0.6) is 0 Å². The van der Waals surface area contributed by atoms with Gasteiger partial charge in [-0.3, -0.25) is 14.4 Å². The molecule has 2 heterocycles. The van der Waals surface area contributed by atoms with Crippen molar-refractivity contribution in [2.24, 2.45) is 5.92 Å². The number of benzene rings is 3. The van der Waals surface area contributed by atoms with Gasteiger partial charge in [-0.25, -0.2) is 9.96 Å². The summed E-state index contributed by atoms with van der Waals surface area (Å²) in [5.74, 6) is -1.24. The van der Waals surface area contributed by atoms with Crippen LogP contribution < -0.4 is 9.96 Å². The van der Waals surface area contributed by atoms with Crippen molar-refractivity contribution in [2.75, 3.05) is 9.96 Å². The highest BCUT2D eigenvalue weighted by molar-refractivity contribution is 9.10. The number of halogens is 2. The molecule has 30 heavy (non-hydrogen) atoms. The van der Waals surface area contributed by atoms with E-state index in [0.29, 0.717) is 5.69 Å². The van der Waals surface area contributed by atoms with Gasteiger partial charge in [-0.15, -0.1) is 0 Å². The van der Waals surface area contributed by atoms with Gasteiger partial charge in [-0.2, -0.15) is 0 Å². The maximum Gasteiger partial charge on any atom is 0.266 e. The standard InChI is InChI=1S/C23H16Br2N2O3/c24-15-9-11-17(12-10-15)26-22(28)19-20(14-5-4-6-16(25)13-14)27(30-21(19)23(26)29)18-7-2-1-3-8-18/h1-13,19-21H/t19-,20+,21+/m0/s1. The average molecular weight is 528 g/mol. The SMILES string of the molecule is O=C1[C@H]2[C@@H](c3cccc(Br)c3)N(c3ccccc3)O[C@H]2C(=O)N1c1ccc(Br)cc1. The number of nitrogens with zero attached hydrogens (tertiary/aromatic N) is 2. The number of carbonyl (C=O) groups excluding carboxylic acids is 2. The summed E-state index contributed by atoms with van der Waals surface area (Å²) in [6, 6.07) is 24.0. The molecule has 0 unspecified atom stereocenters.